The molecule has 2 rings (SSSR count). The Morgan fingerprint density at radius 3 is 2.90 bits per heavy atom. The number of nitrogens with two attached hydrogens (primary N) is 1. The molecule has 0 radical (unpaired) electrons. The minimum Gasteiger partial charge on any atom is -0.477 e. The Hall–Kier alpha value is -1.82. The molecule has 0 aliphatic heterocycles. The molecular weight excluding hydrogens is 268 g/mol. The lowest BCUT2D eigenvalue weighted by Crippen LogP contribution is -2.20. The molecule has 0 spiro atoms. The largest absolute Gasteiger partial charge is 0.477 e. The minimum absolute atomic E-state index is 0.0542. The van der Waals surface area contributed by atoms with Crippen LogP contribution in [0.15, 0.2) is 11.2 Å². The standard InChI is InChI=1S/C15H24N4O2/c1-19(2)8-5-9-21-15-12(14(16)18-20)10-11-6-3-4-7-13(11)17-15/h10,20H,3-9H2,1-2H3,(H2,16,18). The number of oxime groups is 1. The van der Waals surface area contributed by atoms with Gasteiger partial charge in [0.15, 0.2) is 5.84 Å². The topological polar surface area (TPSA) is 84.0 Å². The summed E-state index contributed by atoms with van der Waals surface area (Å²) in [5.74, 6) is 0.531. The molecule has 0 aromatic carbocycles. The first-order chi connectivity index (χ1) is 10.1. The van der Waals surface area contributed by atoms with Crippen molar-refractivity contribution in [2.24, 2.45) is 10.9 Å². The van der Waals surface area contributed by atoms with Gasteiger partial charge in [0.05, 0.1) is 12.2 Å². The zero-order chi connectivity index (χ0) is 15.2. The Labute approximate surface area is 125 Å². The van der Waals surface area contributed by atoms with E-state index in [0.29, 0.717) is 18.1 Å². The van der Waals surface area contributed by atoms with Gasteiger partial charge in [0.1, 0.15) is 0 Å². The fraction of sp³-hybridized carbons (Fsp3) is 0.600. The number of aryl methyl sites for hydroxylation is 2. The van der Waals surface area contributed by atoms with E-state index in [-0.39, 0.29) is 5.84 Å². The minimum atomic E-state index is 0.0542. The summed E-state index contributed by atoms with van der Waals surface area (Å²) in [6.45, 7) is 1.51. The van der Waals surface area contributed by atoms with Crippen LogP contribution in [0.5, 0.6) is 5.88 Å². The van der Waals surface area contributed by atoms with Crippen LogP contribution >= 0.6 is 0 Å². The first kappa shape index (κ1) is 15.6. The molecule has 3 N–H and O–H groups in total. The number of pyridine rings is 1. The molecule has 6 heteroatoms. The number of hydrogen-bond acceptors (Lipinski definition) is 5. The summed E-state index contributed by atoms with van der Waals surface area (Å²) in [4.78, 5) is 6.70. The van der Waals surface area contributed by atoms with Crippen molar-refractivity contribution in [1.82, 2.24) is 9.88 Å². The quantitative estimate of drug-likeness (QED) is 0.272. The molecule has 0 atom stereocenters. The molecule has 1 aliphatic rings. The number of fused-ring (bicyclic) bond motifs is 1. The summed E-state index contributed by atoms with van der Waals surface area (Å²) in [5, 5.41) is 12.0. The van der Waals surface area contributed by atoms with E-state index in [9.17, 15) is 0 Å². The molecule has 1 heterocycles. The Morgan fingerprint density at radius 1 is 1.43 bits per heavy atom. The molecule has 0 bridgehead atoms. The molecule has 0 saturated heterocycles. The van der Waals surface area contributed by atoms with Gasteiger partial charge < -0.3 is 20.6 Å². The Morgan fingerprint density at radius 2 is 2.19 bits per heavy atom. The molecule has 1 aliphatic carbocycles. The van der Waals surface area contributed by atoms with Gasteiger partial charge in [0.2, 0.25) is 5.88 Å². The van der Waals surface area contributed by atoms with E-state index in [4.69, 9.17) is 15.7 Å². The van der Waals surface area contributed by atoms with E-state index < -0.39 is 0 Å². The Kier molecular flexibility index (Phi) is 5.38. The van der Waals surface area contributed by atoms with Gasteiger partial charge in [-0.1, -0.05) is 5.16 Å². The molecule has 0 unspecified atom stereocenters. The Bertz CT molecular complexity index is 515. The second-order valence-corrected chi connectivity index (χ2v) is 5.64. The highest BCUT2D eigenvalue weighted by molar-refractivity contribution is 5.99. The van der Waals surface area contributed by atoms with Gasteiger partial charge in [-0.3, -0.25) is 0 Å². The molecule has 21 heavy (non-hydrogen) atoms. The SMILES string of the molecule is CN(C)CCCOc1nc2c(cc1C(N)=NO)CCCC2. The normalized spacial score (nSPS) is 15.1. The van der Waals surface area contributed by atoms with Gasteiger partial charge >= 0.3 is 0 Å². The van der Waals surface area contributed by atoms with E-state index >= 15 is 0 Å². The van der Waals surface area contributed by atoms with Crippen LogP contribution in [0, 0.1) is 0 Å². The maximum absolute atomic E-state index is 8.93. The van der Waals surface area contributed by atoms with Gasteiger partial charge in [-0.15, -0.1) is 0 Å². The zero-order valence-electron chi connectivity index (χ0n) is 12.8. The molecule has 1 aromatic rings. The number of nitrogens with zero attached hydrogens (tertiary/aromatic N) is 3. The maximum Gasteiger partial charge on any atom is 0.224 e. The average molecular weight is 292 g/mol. The first-order valence-corrected chi connectivity index (χ1v) is 7.40. The Balaban J connectivity index is 2.16. The van der Waals surface area contributed by atoms with Gasteiger partial charge in [-0.25, -0.2) is 4.98 Å². The average Bonchev–Trinajstić information content (AvgIpc) is 2.49. The predicted octanol–water partition coefficient (Wildman–Crippen LogP) is 1.39. The smallest absolute Gasteiger partial charge is 0.224 e. The van der Waals surface area contributed by atoms with Crippen molar-refractivity contribution in [1.29, 1.82) is 0 Å². The third-order valence-electron chi connectivity index (χ3n) is 3.64. The molecule has 116 valence electrons. The lowest BCUT2D eigenvalue weighted by Gasteiger charge is -2.18. The number of ether oxygens (including phenoxy) is 1. The van der Waals surface area contributed by atoms with Gasteiger partial charge in [0.25, 0.3) is 0 Å². The van der Waals surface area contributed by atoms with Crippen molar-refractivity contribution >= 4 is 5.84 Å². The third-order valence-corrected chi connectivity index (χ3v) is 3.64. The van der Waals surface area contributed by atoms with Crippen molar-refractivity contribution < 1.29 is 9.94 Å². The molecular formula is C15H24N4O2. The molecule has 0 saturated carbocycles. The fourth-order valence-electron chi connectivity index (χ4n) is 2.51. The highest BCUT2D eigenvalue weighted by atomic mass is 16.5. The summed E-state index contributed by atoms with van der Waals surface area (Å²) in [5.41, 5.74) is 8.60. The van der Waals surface area contributed by atoms with Crippen LogP contribution in [0.3, 0.4) is 0 Å². The second kappa shape index (κ2) is 7.26. The number of aromatic nitrogens is 1. The molecule has 0 fully saturated rings. The van der Waals surface area contributed by atoms with Crippen LogP contribution in [0.4, 0.5) is 0 Å². The van der Waals surface area contributed by atoms with Crippen molar-refractivity contribution in [3.8, 4) is 5.88 Å². The van der Waals surface area contributed by atoms with Crippen LogP contribution in [0.1, 0.15) is 36.1 Å². The zero-order valence-corrected chi connectivity index (χ0v) is 12.8. The predicted molar refractivity (Wildman–Crippen MR) is 82.1 cm³/mol. The molecule has 6 nitrogen and oxygen atoms in total. The molecule has 1 aromatic heterocycles. The third kappa shape index (κ3) is 4.07. The summed E-state index contributed by atoms with van der Waals surface area (Å²) in [7, 11) is 4.05. The summed E-state index contributed by atoms with van der Waals surface area (Å²) in [6, 6.07) is 1.96. The van der Waals surface area contributed by atoms with E-state index in [1.165, 1.54) is 5.56 Å². The first-order valence-electron chi connectivity index (χ1n) is 7.40. The number of amidine groups is 1. The van der Waals surface area contributed by atoms with Crippen molar-refractivity contribution in [2.45, 2.75) is 32.1 Å². The van der Waals surface area contributed by atoms with Crippen molar-refractivity contribution in [3.05, 3.63) is 22.9 Å². The second-order valence-electron chi connectivity index (χ2n) is 5.64. The number of hydrogen-bond donors (Lipinski definition) is 2. The van der Waals surface area contributed by atoms with Crippen LogP contribution in [-0.4, -0.2) is 48.2 Å². The number of rotatable bonds is 6. The van der Waals surface area contributed by atoms with E-state index in [1.807, 2.05) is 20.2 Å². The lowest BCUT2D eigenvalue weighted by molar-refractivity contribution is 0.271. The van der Waals surface area contributed by atoms with Gasteiger partial charge in [-0.2, -0.15) is 0 Å². The van der Waals surface area contributed by atoms with Gasteiger partial charge in [-0.05, 0) is 57.8 Å². The van der Waals surface area contributed by atoms with Crippen LogP contribution < -0.4 is 10.5 Å². The van der Waals surface area contributed by atoms with E-state index in [0.717, 1.165) is 44.3 Å². The van der Waals surface area contributed by atoms with Crippen molar-refractivity contribution in [3.63, 3.8) is 0 Å². The van der Waals surface area contributed by atoms with Gasteiger partial charge in [0, 0.05) is 12.2 Å². The van der Waals surface area contributed by atoms with E-state index in [1.54, 1.807) is 0 Å². The lowest BCUT2D eigenvalue weighted by atomic mass is 9.95. The highest BCUT2D eigenvalue weighted by Crippen LogP contribution is 2.26. The summed E-state index contributed by atoms with van der Waals surface area (Å²) < 4.78 is 5.77. The maximum atomic E-state index is 8.93. The summed E-state index contributed by atoms with van der Waals surface area (Å²) >= 11 is 0. The van der Waals surface area contributed by atoms with Crippen molar-refractivity contribution in [2.75, 3.05) is 27.2 Å². The van der Waals surface area contributed by atoms with E-state index in [2.05, 4.69) is 15.0 Å². The monoisotopic (exact) mass is 292 g/mol. The van der Waals surface area contributed by atoms with Crippen LogP contribution in [-0.2, 0) is 12.8 Å². The van der Waals surface area contributed by atoms with Crippen LogP contribution in [0.25, 0.3) is 0 Å². The summed E-state index contributed by atoms with van der Waals surface area (Å²) in [6.07, 6.45) is 5.19. The fourth-order valence-corrected chi connectivity index (χ4v) is 2.51. The molecule has 0 amide bonds. The van der Waals surface area contributed by atoms with Crippen LogP contribution in [0.2, 0.25) is 0 Å². The highest BCUT2D eigenvalue weighted by Gasteiger charge is 2.18.